The highest BCUT2D eigenvalue weighted by Gasteiger charge is 2.29. The van der Waals surface area contributed by atoms with E-state index >= 15 is 0 Å². The Bertz CT molecular complexity index is 467. The molecular formula is C16H26BrN3O. The van der Waals surface area contributed by atoms with Crippen LogP contribution in [-0.2, 0) is 11.3 Å². The highest BCUT2D eigenvalue weighted by Crippen LogP contribution is 2.27. The Labute approximate surface area is 136 Å². The molecule has 0 aliphatic carbocycles. The highest BCUT2D eigenvalue weighted by atomic mass is 79.9. The lowest BCUT2D eigenvalue weighted by Gasteiger charge is -2.29. The molecule has 21 heavy (non-hydrogen) atoms. The Kier molecular flexibility index (Phi) is 6.02. The van der Waals surface area contributed by atoms with Gasteiger partial charge < -0.3 is 15.0 Å². The molecule has 2 atom stereocenters. The molecular weight excluding hydrogens is 330 g/mol. The number of aromatic nitrogens is 1. The minimum Gasteiger partial charge on any atom is -0.376 e. The molecule has 1 aliphatic rings. The van der Waals surface area contributed by atoms with E-state index in [4.69, 9.17) is 4.74 Å². The van der Waals surface area contributed by atoms with Gasteiger partial charge in [0.05, 0.1) is 12.1 Å². The Morgan fingerprint density at radius 1 is 1.52 bits per heavy atom. The van der Waals surface area contributed by atoms with E-state index in [-0.39, 0.29) is 6.10 Å². The summed E-state index contributed by atoms with van der Waals surface area (Å²) in [6.45, 7) is 9.27. The van der Waals surface area contributed by atoms with Crippen LogP contribution in [-0.4, -0.2) is 37.3 Å². The van der Waals surface area contributed by atoms with Crippen LogP contribution >= 0.6 is 15.9 Å². The molecule has 1 aromatic heterocycles. The van der Waals surface area contributed by atoms with Gasteiger partial charge in [-0.2, -0.15) is 0 Å². The zero-order valence-electron chi connectivity index (χ0n) is 13.4. The van der Waals surface area contributed by atoms with E-state index in [2.05, 4.69) is 65.0 Å². The van der Waals surface area contributed by atoms with Crippen molar-refractivity contribution < 1.29 is 4.74 Å². The second-order valence-electron chi connectivity index (χ2n) is 6.20. The number of hydrogen-bond acceptors (Lipinski definition) is 4. The molecule has 0 saturated carbocycles. The van der Waals surface area contributed by atoms with Crippen molar-refractivity contribution in [3.8, 4) is 0 Å². The number of nitrogens with one attached hydrogen (secondary N) is 1. The average Bonchev–Trinajstić information content (AvgIpc) is 2.84. The second kappa shape index (κ2) is 7.56. The molecule has 1 fully saturated rings. The van der Waals surface area contributed by atoms with Crippen LogP contribution in [0.15, 0.2) is 16.7 Å². The number of nitrogens with zero attached hydrogens (tertiary/aromatic N) is 2. The molecule has 0 amide bonds. The Balaban J connectivity index is 2.13. The lowest BCUT2D eigenvalue weighted by Crippen LogP contribution is -2.38. The molecule has 1 saturated heterocycles. The lowest BCUT2D eigenvalue weighted by molar-refractivity contribution is 0.118. The molecule has 0 spiro atoms. The number of anilines is 1. The first-order valence-electron chi connectivity index (χ1n) is 7.68. The van der Waals surface area contributed by atoms with E-state index in [1.807, 2.05) is 6.20 Å². The third kappa shape index (κ3) is 4.41. The molecule has 2 heterocycles. The van der Waals surface area contributed by atoms with E-state index in [9.17, 15) is 0 Å². The van der Waals surface area contributed by atoms with E-state index < -0.39 is 0 Å². The fourth-order valence-corrected chi connectivity index (χ4v) is 3.18. The molecule has 118 valence electrons. The maximum atomic E-state index is 5.69. The predicted molar refractivity (Wildman–Crippen MR) is 90.7 cm³/mol. The van der Waals surface area contributed by atoms with Gasteiger partial charge in [-0.1, -0.05) is 13.8 Å². The van der Waals surface area contributed by atoms with E-state index in [0.29, 0.717) is 12.0 Å². The minimum atomic E-state index is 0.261. The van der Waals surface area contributed by atoms with Gasteiger partial charge in [-0.05, 0) is 47.8 Å². The SMILES string of the molecule is CC(C)CNCc1cc(Br)cnc1N(C)C1CCOC1C. The normalized spacial score (nSPS) is 22.0. The Morgan fingerprint density at radius 3 is 2.90 bits per heavy atom. The van der Waals surface area contributed by atoms with Crippen LogP contribution in [0.3, 0.4) is 0 Å². The molecule has 0 radical (unpaired) electrons. The number of rotatable bonds is 6. The van der Waals surface area contributed by atoms with Crippen molar-refractivity contribution >= 4 is 21.7 Å². The van der Waals surface area contributed by atoms with Crippen molar-refractivity contribution in [1.29, 1.82) is 0 Å². The highest BCUT2D eigenvalue weighted by molar-refractivity contribution is 9.10. The molecule has 0 bridgehead atoms. The van der Waals surface area contributed by atoms with Crippen LogP contribution in [0.4, 0.5) is 5.82 Å². The van der Waals surface area contributed by atoms with Crippen LogP contribution in [0.25, 0.3) is 0 Å². The maximum absolute atomic E-state index is 5.69. The van der Waals surface area contributed by atoms with Gasteiger partial charge in [-0.3, -0.25) is 0 Å². The number of halogens is 1. The number of hydrogen-bond donors (Lipinski definition) is 1. The van der Waals surface area contributed by atoms with Crippen LogP contribution in [0.1, 0.15) is 32.8 Å². The Hall–Kier alpha value is -0.650. The molecule has 1 aliphatic heterocycles. The van der Waals surface area contributed by atoms with Gasteiger partial charge in [-0.25, -0.2) is 4.98 Å². The minimum absolute atomic E-state index is 0.261. The van der Waals surface area contributed by atoms with Crippen LogP contribution in [0.2, 0.25) is 0 Å². The molecule has 2 unspecified atom stereocenters. The van der Waals surface area contributed by atoms with Gasteiger partial charge in [0, 0.05) is 36.4 Å². The third-order valence-corrected chi connectivity index (χ3v) is 4.38. The van der Waals surface area contributed by atoms with Gasteiger partial charge in [0.15, 0.2) is 0 Å². The Morgan fingerprint density at radius 2 is 2.29 bits per heavy atom. The first-order valence-corrected chi connectivity index (χ1v) is 8.48. The molecule has 1 aromatic rings. The fraction of sp³-hybridized carbons (Fsp3) is 0.688. The zero-order valence-corrected chi connectivity index (χ0v) is 15.0. The summed E-state index contributed by atoms with van der Waals surface area (Å²) in [4.78, 5) is 6.91. The van der Waals surface area contributed by atoms with Crippen LogP contribution < -0.4 is 10.2 Å². The zero-order chi connectivity index (χ0) is 15.4. The molecule has 5 heteroatoms. The molecule has 0 aromatic carbocycles. The summed E-state index contributed by atoms with van der Waals surface area (Å²) < 4.78 is 6.71. The van der Waals surface area contributed by atoms with E-state index in [1.165, 1.54) is 5.56 Å². The maximum Gasteiger partial charge on any atom is 0.133 e. The summed E-state index contributed by atoms with van der Waals surface area (Å²) in [6.07, 6.45) is 3.20. The predicted octanol–water partition coefficient (Wildman–Crippen LogP) is 3.20. The third-order valence-electron chi connectivity index (χ3n) is 3.95. The van der Waals surface area contributed by atoms with Gasteiger partial charge >= 0.3 is 0 Å². The smallest absolute Gasteiger partial charge is 0.133 e. The fourth-order valence-electron chi connectivity index (χ4n) is 2.80. The largest absolute Gasteiger partial charge is 0.376 e. The van der Waals surface area contributed by atoms with E-state index in [1.54, 1.807) is 0 Å². The first-order chi connectivity index (χ1) is 9.99. The van der Waals surface area contributed by atoms with Crippen molar-refractivity contribution in [3.63, 3.8) is 0 Å². The van der Waals surface area contributed by atoms with Crippen molar-refractivity contribution in [3.05, 3.63) is 22.3 Å². The summed E-state index contributed by atoms with van der Waals surface area (Å²) in [6, 6.07) is 2.56. The number of ether oxygens (including phenoxy) is 1. The monoisotopic (exact) mass is 355 g/mol. The summed E-state index contributed by atoms with van der Waals surface area (Å²) in [7, 11) is 2.12. The number of pyridine rings is 1. The summed E-state index contributed by atoms with van der Waals surface area (Å²) in [5.41, 5.74) is 1.23. The summed E-state index contributed by atoms with van der Waals surface area (Å²) >= 11 is 3.53. The summed E-state index contributed by atoms with van der Waals surface area (Å²) in [5, 5.41) is 3.51. The quantitative estimate of drug-likeness (QED) is 0.850. The lowest BCUT2D eigenvalue weighted by atomic mass is 10.1. The molecule has 2 rings (SSSR count). The molecule has 4 nitrogen and oxygen atoms in total. The van der Waals surface area contributed by atoms with Gasteiger partial charge in [0.25, 0.3) is 0 Å². The molecule has 1 N–H and O–H groups in total. The topological polar surface area (TPSA) is 37.4 Å². The van der Waals surface area contributed by atoms with Gasteiger partial charge in [0.1, 0.15) is 5.82 Å². The van der Waals surface area contributed by atoms with Crippen molar-refractivity contribution in [2.24, 2.45) is 5.92 Å². The average molecular weight is 356 g/mol. The number of likely N-dealkylation sites (N-methyl/N-ethyl adjacent to an activating group) is 1. The van der Waals surface area contributed by atoms with Gasteiger partial charge in [0.2, 0.25) is 0 Å². The van der Waals surface area contributed by atoms with Crippen molar-refractivity contribution in [2.75, 3.05) is 25.1 Å². The van der Waals surface area contributed by atoms with Crippen LogP contribution in [0.5, 0.6) is 0 Å². The van der Waals surface area contributed by atoms with Crippen LogP contribution in [0, 0.1) is 5.92 Å². The summed E-state index contributed by atoms with van der Waals surface area (Å²) in [5.74, 6) is 1.70. The van der Waals surface area contributed by atoms with E-state index in [0.717, 1.165) is 36.4 Å². The van der Waals surface area contributed by atoms with Crippen molar-refractivity contribution in [1.82, 2.24) is 10.3 Å². The first kappa shape index (κ1) is 16.7. The van der Waals surface area contributed by atoms with Gasteiger partial charge in [-0.15, -0.1) is 0 Å². The standard InChI is InChI=1S/C16H26BrN3O/c1-11(2)8-18-9-13-7-14(17)10-19-16(13)20(4)15-5-6-21-12(15)3/h7,10-12,15,18H,5-6,8-9H2,1-4H3. The second-order valence-corrected chi connectivity index (χ2v) is 7.12. The van der Waals surface area contributed by atoms with Crippen molar-refractivity contribution in [2.45, 2.75) is 45.9 Å².